The van der Waals surface area contributed by atoms with Crippen LogP contribution in [0.25, 0.3) is 0 Å². The van der Waals surface area contributed by atoms with E-state index >= 15 is 0 Å². The third kappa shape index (κ3) is 3.52. The van der Waals surface area contributed by atoms with Gasteiger partial charge in [0.15, 0.2) is 0 Å². The molecule has 1 amide bonds. The Kier molecular flexibility index (Phi) is 4.36. The van der Waals surface area contributed by atoms with Crippen molar-refractivity contribution < 1.29 is 9.53 Å². The van der Waals surface area contributed by atoms with Crippen molar-refractivity contribution in [2.75, 3.05) is 13.2 Å². The summed E-state index contributed by atoms with van der Waals surface area (Å²) in [6.45, 7) is 2.11. The minimum Gasteiger partial charge on any atom is -0.376 e. The van der Waals surface area contributed by atoms with Gasteiger partial charge >= 0.3 is 0 Å². The summed E-state index contributed by atoms with van der Waals surface area (Å²) in [6.07, 6.45) is 4.23. The van der Waals surface area contributed by atoms with E-state index in [2.05, 4.69) is 17.4 Å². The Morgan fingerprint density at radius 3 is 2.86 bits per heavy atom. The second-order valence-electron chi connectivity index (χ2n) is 5.35. The van der Waals surface area contributed by atoms with E-state index in [0.717, 1.165) is 19.4 Å². The fourth-order valence-electron chi connectivity index (χ4n) is 2.64. The Balaban J connectivity index is 1.62. The summed E-state index contributed by atoms with van der Waals surface area (Å²) in [6, 6.07) is 13.9. The molecular weight excluding hydrogens is 264 g/mol. The topological polar surface area (TPSA) is 43.3 Å². The molecule has 2 aromatic rings. The molecule has 1 atom stereocenters. The van der Waals surface area contributed by atoms with E-state index in [1.54, 1.807) is 0 Å². The van der Waals surface area contributed by atoms with Crippen molar-refractivity contribution in [2.24, 2.45) is 0 Å². The quantitative estimate of drug-likeness (QED) is 0.916. The number of hydrogen-bond acceptors (Lipinski definition) is 2. The molecule has 1 unspecified atom stereocenters. The maximum atomic E-state index is 12.3. The van der Waals surface area contributed by atoms with E-state index in [9.17, 15) is 4.79 Å². The molecule has 1 aliphatic heterocycles. The number of rotatable bonds is 5. The molecule has 0 aliphatic carbocycles. The molecule has 1 aromatic heterocycles. The molecule has 3 rings (SSSR count). The largest absolute Gasteiger partial charge is 0.376 e. The lowest BCUT2D eigenvalue weighted by molar-refractivity contribution is 0.0850. The number of hydrogen-bond donors (Lipinski definition) is 1. The first kappa shape index (κ1) is 13.9. The molecule has 1 saturated heterocycles. The first-order valence-corrected chi connectivity index (χ1v) is 7.42. The molecule has 2 heterocycles. The first-order chi connectivity index (χ1) is 10.3. The molecule has 1 fully saturated rings. The van der Waals surface area contributed by atoms with Crippen LogP contribution in [0, 0.1) is 0 Å². The van der Waals surface area contributed by atoms with Crippen molar-refractivity contribution in [3.63, 3.8) is 0 Å². The average Bonchev–Trinajstić information content (AvgIpc) is 3.17. The van der Waals surface area contributed by atoms with E-state index < -0.39 is 0 Å². The highest BCUT2D eigenvalue weighted by atomic mass is 16.5. The molecule has 0 radical (unpaired) electrons. The van der Waals surface area contributed by atoms with Crippen LogP contribution in [0.3, 0.4) is 0 Å². The van der Waals surface area contributed by atoms with Crippen molar-refractivity contribution in [2.45, 2.75) is 25.5 Å². The monoisotopic (exact) mass is 284 g/mol. The molecule has 110 valence electrons. The number of ether oxygens (including phenoxy) is 1. The highest BCUT2D eigenvalue weighted by Crippen LogP contribution is 2.12. The molecular formula is C17H20N2O2. The summed E-state index contributed by atoms with van der Waals surface area (Å²) in [5.74, 6) is -0.0357. The lowest BCUT2D eigenvalue weighted by Crippen LogP contribution is -2.33. The molecule has 0 spiro atoms. The molecule has 4 heteroatoms. The molecule has 1 aromatic carbocycles. The zero-order valence-corrected chi connectivity index (χ0v) is 12.0. The highest BCUT2D eigenvalue weighted by molar-refractivity contribution is 5.92. The number of nitrogens with one attached hydrogen (secondary N) is 1. The first-order valence-electron chi connectivity index (χ1n) is 7.42. The van der Waals surface area contributed by atoms with Gasteiger partial charge in [-0.15, -0.1) is 0 Å². The van der Waals surface area contributed by atoms with Crippen molar-refractivity contribution in [3.8, 4) is 0 Å². The van der Waals surface area contributed by atoms with Crippen LogP contribution in [0.5, 0.6) is 0 Å². The van der Waals surface area contributed by atoms with Gasteiger partial charge in [-0.25, -0.2) is 0 Å². The number of amides is 1. The van der Waals surface area contributed by atoms with Crippen molar-refractivity contribution >= 4 is 5.91 Å². The number of carbonyl (C=O) groups excluding carboxylic acids is 1. The summed E-state index contributed by atoms with van der Waals surface area (Å²) < 4.78 is 7.50. The molecule has 0 saturated carbocycles. The fraction of sp³-hybridized carbons (Fsp3) is 0.353. The van der Waals surface area contributed by atoms with Crippen LogP contribution in [0.1, 0.15) is 28.9 Å². The van der Waals surface area contributed by atoms with Gasteiger partial charge in [-0.05, 0) is 30.5 Å². The standard InChI is InChI=1S/C17H20N2O2/c20-17(18-12-15-8-5-11-21-15)16-9-4-10-19(16)13-14-6-2-1-3-7-14/h1-4,6-7,9-10,15H,5,8,11-13H2,(H,18,20). The second kappa shape index (κ2) is 6.59. The summed E-state index contributed by atoms with van der Waals surface area (Å²) in [5.41, 5.74) is 1.87. The Labute approximate surface area is 124 Å². The molecule has 0 bridgehead atoms. The van der Waals surface area contributed by atoms with Gasteiger partial charge in [-0.3, -0.25) is 4.79 Å². The van der Waals surface area contributed by atoms with E-state index in [1.165, 1.54) is 5.56 Å². The molecule has 1 aliphatic rings. The van der Waals surface area contributed by atoms with Gasteiger partial charge in [0.05, 0.1) is 6.10 Å². The summed E-state index contributed by atoms with van der Waals surface area (Å²) in [4.78, 5) is 12.3. The van der Waals surface area contributed by atoms with Crippen LogP contribution in [-0.2, 0) is 11.3 Å². The lowest BCUT2D eigenvalue weighted by atomic mass is 10.2. The zero-order chi connectivity index (χ0) is 14.5. The zero-order valence-electron chi connectivity index (χ0n) is 12.0. The molecule has 4 nitrogen and oxygen atoms in total. The van der Waals surface area contributed by atoms with Crippen molar-refractivity contribution in [1.82, 2.24) is 9.88 Å². The summed E-state index contributed by atoms with van der Waals surface area (Å²) in [7, 11) is 0. The Morgan fingerprint density at radius 1 is 1.24 bits per heavy atom. The minimum absolute atomic E-state index is 0.0357. The number of nitrogens with zero attached hydrogens (tertiary/aromatic N) is 1. The maximum absolute atomic E-state index is 12.3. The summed E-state index contributed by atoms with van der Waals surface area (Å²) >= 11 is 0. The Morgan fingerprint density at radius 2 is 2.10 bits per heavy atom. The van der Waals surface area contributed by atoms with Crippen LogP contribution in [0.2, 0.25) is 0 Å². The SMILES string of the molecule is O=C(NCC1CCCO1)c1cccn1Cc1ccccc1. The van der Waals surface area contributed by atoms with E-state index in [1.807, 2.05) is 41.1 Å². The van der Waals surface area contributed by atoms with Crippen LogP contribution in [-0.4, -0.2) is 29.7 Å². The number of aromatic nitrogens is 1. The number of carbonyl (C=O) groups is 1. The average molecular weight is 284 g/mol. The number of benzene rings is 1. The third-order valence-corrected chi connectivity index (χ3v) is 3.77. The lowest BCUT2D eigenvalue weighted by Gasteiger charge is -2.12. The van der Waals surface area contributed by atoms with E-state index in [-0.39, 0.29) is 12.0 Å². The van der Waals surface area contributed by atoms with Gasteiger partial charge in [-0.2, -0.15) is 0 Å². The van der Waals surface area contributed by atoms with Crippen molar-refractivity contribution in [1.29, 1.82) is 0 Å². The van der Waals surface area contributed by atoms with Crippen LogP contribution in [0.15, 0.2) is 48.7 Å². The third-order valence-electron chi connectivity index (χ3n) is 3.77. The van der Waals surface area contributed by atoms with Crippen LogP contribution < -0.4 is 5.32 Å². The van der Waals surface area contributed by atoms with E-state index in [4.69, 9.17) is 4.74 Å². The Bertz CT molecular complexity index is 586. The highest BCUT2D eigenvalue weighted by Gasteiger charge is 2.17. The predicted octanol–water partition coefficient (Wildman–Crippen LogP) is 2.45. The van der Waals surface area contributed by atoms with Gasteiger partial charge in [0.1, 0.15) is 5.69 Å². The Hall–Kier alpha value is -2.07. The second-order valence-corrected chi connectivity index (χ2v) is 5.35. The normalized spacial score (nSPS) is 17.8. The van der Waals surface area contributed by atoms with Crippen molar-refractivity contribution in [3.05, 3.63) is 59.9 Å². The fourth-order valence-corrected chi connectivity index (χ4v) is 2.64. The smallest absolute Gasteiger partial charge is 0.268 e. The molecule has 1 N–H and O–H groups in total. The van der Waals surface area contributed by atoms with Crippen LogP contribution >= 0.6 is 0 Å². The van der Waals surface area contributed by atoms with Gasteiger partial charge in [0, 0.05) is 25.9 Å². The van der Waals surface area contributed by atoms with Gasteiger partial charge in [0.2, 0.25) is 0 Å². The minimum atomic E-state index is -0.0357. The van der Waals surface area contributed by atoms with Gasteiger partial charge in [0.25, 0.3) is 5.91 Å². The van der Waals surface area contributed by atoms with Crippen LogP contribution in [0.4, 0.5) is 0 Å². The predicted molar refractivity (Wildman–Crippen MR) is 81.3 cm³/mol. The van der Waals surface area contributed by atoms with Gasteiger partial charge < -0.3 is 14.6 Å². The van der Waals surface area contributed by atoms with E-state index in [0.29, 0.717) is 18.8 Å². The van der Waals surface area contributed by atoms with Gasteiger partial charge in [-0.1, -0.05) is 30.3 Å². The summed E-state index contributed by atoms with van der Waals surface area (Å²) in [5, 5.41) is 2.97. The maximum Gasteiger partial charge on any atom is 0.268 e. The molecule has 21 heavy (non-hydrogen) atoms.